The third-order valence-corrected chi connectivity index (χ3v) is 3.76. The number of rotatable bonds is 6. The molecule has 6 heteroatoms. The Kier molecular flexibility index (Phi) is 5.47. The van der Waals surface area contributed by atoms with Crippen LogP contribution in [0.25, 0.3) is 0 Å². The van der Waals surface area contributed by atoms with Crippen molar-refractivity contribution in [1.29, 1.82) is 0 Å². The number of hydrogen-bond acceptors (Lipinski definition) is 4. The molecule has 2 rings (SSSR count). The van der Waals surface area contributed by atoms with Gasteiger partial charge in [-0.15, -0.1) is 0 Å². The second kappa shape index (κ2) is 7.35. The predicted octanol–water partition coefficient (Wildman–Crippen LogP) is 1.97. The van der Waals surface area contributed by atoms with Gasteiger partial charge in [0.25, 0.3) is 0 Å². The van der Waals surface area contributed by atoms with Crippen LogP contribution in [0, 0.1) is 5.92 Å². The number of methoxy groups -OCH3 is 2. The van der Waals surface area contributed by atoms with Crippen molar-refractivity contribution in [2.75, 3.05) is 25.7 Å². The number of hydrogen-bond donors (Lipinski definition) is 1. The highest BCUT2D eigenvalue weighted by atomic mass is 16.5. The van der Waals surface area contributed by atoms with Crippen LogP contribution in [-0.2, 0) is 9.59 Å². The van der Waals surface area contributed by atoms with Gasteiger partial charge in [0.1, 0.15) is 0 Å². The van der Waals surface area contributed by atoms with Crippen molar-refractivity contribution in [3.05, 3.63) is 18.2 Å². The molecule has 23 heavy (non-hydrogen) atoms. The summed E-state index contributed by atoms with van der Waals surface area (Å²) < 4.78 is 10.5. The van der Waals surface area contributed by atoms with Crippen LogP contribution in [0.3, 0.4) is 0 Å². The van der Waals surface area contributed by atoms with Crippen molar-refractivity contribution in [3.8, 4) is 11.5 Å². The molecule has 0 radical (unpaired) electrons. The molecule has 1 aliphatic rings. The number of carbonyl (C=O) groups is 2. The van der Waals surface area contributed by atoms with E-state index in [1.165, 1.54) is 0 Å². The Hall–Kier alpha value is -2.24. The normalized spacial score (nSPS) is 17.5. The van der Waals surface area contributed by atoms with Gasteiger partial charge >= 0.3 is 0 Å². The molecule has 6 nitrogen and oxygen atoms in total. The first-order valence-electron chi connectivity index (χ1n) is 7.76. The molecule has 0 unspecified atom stereocenters. The summed E-state index contributed by atoms with van der Waals surface area (Å²) in [5.74, 6) is 1.47. The molecule has 0 aliphatic carbocycles. The zero-order chi connectivity index (χ0) is 17.0. The molecule has 0 bridgehead atoms. The van der Waals surface area contributed by atoms with Crippen molar-refractivity contribution in [2.24, 2.45) is 5.92 Å². The molecule has 1 saturated heterocycles. The summed E-state index contributed by atoms with van der Waals surface area (Å²) in [6, 6.07) is 5.21. The number of anilines is 1. The van der Waals surface area contributed by atoms with Crippen molar-refractivity contribution < 1.29 is 19.1 Å². The highest BCUT2D eigenvalue weighted by molar-refractivity contribution is 5.97. The molecular weight excluding hydrogens is 296 g/mol. The fraction of sp³-hybridized carbons (Fsp3) is 0.529. The van der Waals surface area contributed by atoms with E-state index in [-0.39, 0.29) is 17.9 Å². The highest BCUT2D eigenvalue weighted by Gasteiger charge is 2.32. The predicted molar refractivity (Wildman–Crippen MR) is 87.9 cm³/mol. The van der Waals surface area contributed by atoms with Crippen molar-refractivity contribution >= 4 is 17.5 Å². The van der Waals surface area contributed by atoms with E-state index >= 15 is 0 Å². The molecule has 1 fully saturated rings. The molecule has 0 saturated carbocycles. The Balaban J connectivity index is 2.07. The van der Waals surface area contributed by atoms with E-state index in [1.807, 2.05) is 19.9 Å². The molecule has 1 N–H and O–H groups in total. The molecule has 1 aliphatic heterocycles. The smallest absolute Gasteiger partial charge is 0.229 e. The largest absolute Gasteiger partial charge is 0.493 e. The van der Waals surface area contributed by atoms with Gasteiger partial charge in [0, 0.05) is 31.1 Å². The summed E-state index contributed by atoms with van der Waals surface area (Å²) in [4.78, 5) is 25.8. The SMILES string of the molecule is COc1ccc(N2C[C@H](NC(=O)CC(C)C)CC2=O)cc1OC. The number of amides is 2. The van der Waals surface area contributed by atoms with Crippen molar-refractivity contribution in [3.63, 3.8) is 0 Å². The van der Waals surface area contributed by atoms with Crippen LogP contribution in [0.4, 0.5) is 5.69 Å². The van der Waals surface area contributed by atoms with E-state index in [0.29, 0.717) is 36.8 Å². The lowest BCUT2D eigenvalue weighted by molar-refractivity contribution is -0.122. The summed E-state index contributed by atoms with van der Waals surface area (Å²) in [6.45, 7) is 4.46. The van der Waals surface area contributed by atoms with Crippen molar-refractivity contribution in [1.82, 2.24) is 5.32 Å². The van der Waals surface area contributed by atoms with Gasteiger partial charge in [-0.05, 0) is 18.1 Å². The minimum absolute atomic E-state index is 0.00735. The molecule has 1 aromatic rings. The quantitative estimate of drug-likeness (QED) is 0.870. The zero-order valence-electron chi connectivity index (χ0n) is 14.1. The maximum Gasteiger partial charge on any atom is 0.229 e. The van der Waals surface area contributed by atoms with E-state index in [2.05, 4.69) is 5.32 Å². The summed E-state index contributed by atoms with van der Waals surface area (Å²) in [6.07, 6.45) is 0.791. The van der Waals surface area contributed by atoms with E-state index < -0.39 is 0 Å². The van der Waals surface area contributed by atoms with Crippen LogP contribution >= 0.6 is 0 Å². The van der Waals surface area contributed by atoms with E-state index in [0.717, 1.165) is 5.69 Å². The third kappa shape index (κ3) is 4.15. The Bertz CT molecular complexity index is 586. The second-order valence-corrected chi connectivity index (χ2v) is 6.11. The van der Waals surface area contributed by atoms with Gasteiger partial charge < -0.3 is 19.7 Å². The van der Waals surface area contributed by atoms with E-state index in [4.69, 9.17) is 9.47 Å². The van der Waals surface area contributed by atoms with Gasteiger partial charge in [0.05, 0.1) is 20.3 Å². The summed E-state index contributed by atoms with van der Waals surface area (Å²) >= 11 is 0. The molecule has 0 aromatic heterocycles. The molecule has 2 amide bonds. The summed E-state index contributed by atoms with van der Waals surface area (Å²) in [7, 11) is 3.13. The first kappa shape index (κ1) is 17.1. The molecule has 1 atom stereocenters. The lowest BCUT2D eigenvalue weighted by Gasteiger charge is -2.19. The van der Waals surface area contributed by atoms with Crippen LogP contribution < -0.4 is 19.7 Å². The van der Waals surface area contributed by atoms with Crippen LogP contribution in [0.15, 0.2) is 18.2 Å². The number of carbonyl (C=O) groups excluding carboxylic acids is 2. The monoisotopic (exact) mass is 320 g/mol. The van der Waals surface area contributed by atoms with Crippen LogP contribution in [0.1, 0.15) is 26.7 Å². The van der Waals surface area contributed by atoms with Gasteiger partial charge in [-0.2, -0.15) is 0 Å². The van der Waals surface area contributed by atoms with Gasteiger partial charge in [-0.25, -0.2) is 0 Å². The van der Waals surface area contributed by atoms with Crippen LogP contribution in [-0.4, -0.2) is 38.6 Å². The minimum Gasteiger partial charge on any atom is -0.493 e. The molecule has 1 aromatic carbocycles. The summed E-state index contributed by atoms with van der Waals surface area (Å²) in [5, 5.41) is 2.93. The van der Waals surface area contributed by atoms with Gasteiger partial charge in [-0.3, -0.25) is 9.59 Å². The number of benzene rings is 1. The Morgan fingerprint density at radius 3 is 2.61 bits per heavy atom. The maximum absolute atomic E-state index is 12.2. The Morgan fingerprint density at radius 2 is 2.00 bits per heavy atom. The fourth-order valence-electron chi connectivity index (χ4n) is 2.70. The minimum atomic E-state index is -0.151. The number of ether oxygens (including phenoxy) is 2. The van der Waals surface area contributed by atoms with E-state index in [9.17, 15) is 9.59 Å². The fourth-order valence-corrected chi connectivity index (χ4v) is 2.70. The van der Waals surface area contributed by atoms with Gasteiger partial charge in [-0.1, -0.05) is 13.8 Å². The molecular formula is C17H24N2O4. The van der Waals surface area contributed by atoms with Crippen LogP contribution in [0.5, 0.6) is 11.5 Å². The lowest BCUT2D eigenvalue weighted by Crippen LogP contribution is -2.37. The van der Waals surface area contributed by atoms with E-state index in [1.54, 1.807) is 31.3 Å². The Morgan fingerprint density at radius 1 is 1.30 bits per heavy atom. The van der Waals surface area contributed by atoms with Crippen LogP contribution in [0.2, 0.25) is 0 Å². The summed E-state index contributed by atoms with van der Waals surface area (Å²) in [5.41, 5.74) is 0.744. The molecule has 126 valence electrons. The topological polar surface area (TPSA) is 67.9 Å². The number of nitrogens with one attached hydrogen (secondary N) is 1. The molecule has 0 spiro atoms. The second-order valence-electron chi connectivity index (χ2n) is 6.11. The third-order valence-electron chi connectivity index (χ3n) is 3.76. The maximum atomic E-state index is 12.2. The van der Waals surface area contributed by atoms with Gasteiger partial charge in [0.15, 0.2) is 11.5 Å². The van der Waals surface area contributed by atoms with Crippen molar-refractivity contribution in [2.45, 2.75) is 32.7 Å². The lowest BCUT2D eigenvalue weighted by atomic mass is 10.1. The standard InChI is InChI=1S/C17H24N2O4/c1-11(2)7-16(20)18-12-8-17(21)19(10-12)13-5-6-14(22-3)15(9-13)23-4/h5-6,9,11-12H,7-8,10H2,1-4H3,(H,18,20)/t12-/m1/s1. The highest BCUT2D eigenvalue weighted by Crippen LogP contribution is 2.33. The van der Waals surface area contributed by atoms with Gasteiger partial charge in [0.2, 0.25) is 11.8 Å². The zero-order valence-corrected chi connectivity index (χ0v) is 14.1. The average molecular weight is 320 g/mol. The first-order valence-corrected chi connectivity index (χ1v) is 7.76. The molecule has 1 heterocycles. The first-order chi connectivity index (χ1) is 10.9. The number of nitrogens with zero attached hydrogens (tertiary/aromatic N) is 1. The average Bonchev–Trinajstić information content (AvgIpc) is 2.85. The Labute approximate surface area is 136 Å².